The van der Waals surface area contributed by atoms with Crippen LogP contribution in [0.1, 0.15) is 17.3 Å². The molecule has 1 aliphatic rings. The number of hydrogen-bond donors (Lipinski definition) is 1. The fraction of sp³-hybridized carbons (Fsp3) is 0.455. The summed E-state index contributed by atoms with van der Waals surface area (Å²) in [5.41, 5.74) is 0.0237. The second-order valence-corrected chi connectivity index (χ2v) is 7.08. The Balaban J connectivity index is 2.42. The van der Waals surface area contributed by atoms with Crippen molar-refractivity contribution in [3.63, 3.8) is 0 Å². The quantitative estimate of drug-likeness (QED) is 0.822. The molecule has 2 heterocycles. The van der Waals surface area contributed by atoms with Crippen LogP contribution in [0.2, 0.25) is 5.15 Å². The Morgan fingerprint density at radius 3 is 2.79 bits per heavy atom. The third kappa shape index (κ3) is 2.98. The van der Waals surface area contributed by atoms with Crippen LogP contribution in [0.15, 0.2) is 12.1 Å². The van der Waals surface area contributed by atoms with E-state index in [-0.39, 0.29) is 40.6 Å². The van der Waals surface area contributed by atoms with Gasteiger partial charge in [-0.3, -0.25) is 0 Å². The SMILES string of the molecule is CC1CS(=O)(=O)CCN1c1nc(Cl)ccc1C(=O)O. The van der Waals surface area contributed by atoms with Crippen LogP contribution in [0.3, 0.4) is 0 Å². The molecule has 0 bridgehead atoms. The summed E-state index contributed by atoms with van der Waals surface area (Å²) in [6, 6.07) is 2.45. The van der Waals surface area contributed by atoms with E-state index in [1.54, 1.807) is 11.8 Å². The van der Waals surface area contributed by atoms with Crippen molar-refractivity contribution in [3.8, 4) is 0 Å². The maximum atomic E-state index is 11.5. The summed E-state index contributed by atoms with van der Waals surface area (Å²) in [6.45, 7) is 1.95. The summed E-state index contributed by atoms with van der Waals surface area (Å²) < 4.78 is 23.1. The van der Waals surface area contributed by atoms with Crippen LogP contribution in [0, 0.1) is 0 Å². The van der Waals surface area contributed by atoms with Gasteiger partial charge in [0.05, 0.1) is 11.5 Å². The molecule has 2 rings (SSSR count). The fourth-order valence-corrected chi connectivity index (χ4v) is 3.82. The van der Waals surface area contributed by atoms with Gasteiger partial charge < -0.3 is 10.0 Å². The van der Waals surface area contributed by atoms with Gasteiger partial charge in [-0.05, 0) is 19.1 Å². The van der Waals surface area contributed by atoms with E-state index in [0.29, 0.717) is 0 Å². The van der Waals surface area contributed by atoms with Crippen LogP contribution in [0.25, 0.3) is 0 Å². The number of hydrogen-bond acceptors (Lipinski definition) is 5. The zero-order valence-corrected chi connectivity index (χ0v) is 11.8. The lowest BCUT2D eigenvalue weighted by molar-refractivity contribution is 0.0697. The molecule has 1 unspecified atom stereocenters. The van der Waals surface area contributed by atoms with E-state index < -0.39 is 15.8 Å². The molecule has 8 heteroatoms. The topological polar surface area (TPSA) is 87.6 Å². The molecular weight excluding hydrogens is 292 g/mol. The van der Waals surface area contributed by atoms with Crippen LogP contribution in [0.5, 0.6) is 0 Å². The molecule has 1 saturated heterocycles. The van der Waals surface area contributed by atoms with E-state index >= 15 is 0 Å². The van der Waals surface area contributed by atoms with Crippen molar-refractivity contribution in [1.82, 2.24) is 4.98 Å². The number of pyridine rings is 1. The third-order valence-electron chi connectivity index (χ3n) is 3.01. The fourth-order valence-electron chi connectivity index (χ4n) is 2.12. The predicted molar refractivity (Wildman–Crippen MR) is 71.7 cm³/mol. The van der Waals surface area contributed by atoms with E-state index in [2.05, 4.69) is 4.98 Å². The molecule has 0 spiro atoms. The summed E-state index contributed by atoms with van der Waals surface area (Å²) in [5.74, 6) is -0.910. The lowest BCUT2D eigenvalue weighted by Crippen LogP contribution is -2.47. The average molecular weight is 305 g/mol. The molecule has 0 saturated carbocycles. The number of sulfone groups is 1. The monoisotopic (exact) mass is 304 g/mol. The van der Waals surface area contributed by atoms with Gasteiger partial charge in [0.25, 0.3) is 0 Å². The van der Waals surface area contributed by atoms with Crippen molar-refractivity contribution in [1.29, 1.82) is 0 Å². The standard InChI is InChI=1S/C11H13ClN2O4S/c1-7-6-19(17,18)5-4-14(7)10-8(11(15)16)2-3-9(12)13-10/h2-3,7H,4-6H2,1H3,(H,15,16). The highest BCUT2D eigenvalue weighted by atomic mass is 35.5. The maximum absolute atomic E-state index is 11.5. The summed E-state index contributed by atoms with van der Waals surface area (Å²) >= 11 is 5.80. The van der Waals surface area contributed by atoms with Crippen molar-refractivity contribution >= 4 is 33.2 Å². The van der Waals surface area contributed by atoms with E-state index in [1.165, 1.54) is 12.1 Å². The number of halogens is 1. The number of nitrogens with zero attached hydrogens (tertiary/aromatic N) is 2. The van der Waals surface area contributed by atoms with E-state index in [4.69, 9.17) is 16.7 Å². The van der Waals surface area contributed by atoms with Gasteiger partial charge in [-0.1, -0.05) is 11.6 Å². The van der Waals surface area contributed by atoms with Crippen LogP contribution >= 0.6 is 11.6 Å². The minimum atomic E-state index is -3.07. The molecule has 19 heavy (non-hydrogen) atoms. The first-order valence-corrected chi connectivity index (χ1v) is 7.87. The molecular formula is C11H13ClN2O4S. The Labute approximate surface area is 115 Å². The Bertz CT molecular complexity index is 617. The molecule has 1 N–H and O–H groups in total. The average Bonchev–Trinajstić information content (AvgIpc) is 2.27. The van der Waals surface area contributed by atoms with E-state index in [1.807, 2.05) is 0 Å². The highest BCUT2D eigenvalue weighted by molar-refractivity contribution is 7.91. The molecule has 0 amide bonds. The molecule has 6 nitrogen and oxygen atoms in total. The molecule has 0 radical (unpaired) electrons. The minimum absolute atomic E-state index is 0.00933. The molecule has 1 aliphatic heterocycles. The van der Waals surface area contributed by atoms with Crippen molar-refractivity contribution in [2.75, 3.05) is 23.0 Å². The minimum Gasteiger partial charge on any atom is -0.478 e. The largest absolute Gasteiger partial charge is 0.478 e. The van der Waals surface area contributed by atoms with Gasteiger partial charge in [0.1, 0.15) is 16.5 Å². The van der Waals surface area contributed by atoms with E-state index in [9.17, 15) is 13.2 Å². The third-order valence-corrected chi connectivity index (χ3v) is 5.02. The Morgan fingerprint density at radius 1 is 1.53 bits per heavy atom. The van der Waals surface area contributed by atoms with Crippen molar-refractivity contribution in [2.24, 2.45) is 0 Å². The van der Waals surface area contributed by atoms with Gasteiger partial charge >= 0.3 is 5.97 Å². The predicted octanol–water partition coefficient (Wildman–Crippen LogP) is 1.06. The zero-order valence-electron chi connectivity index (χ0n) is 10.2. The normalized spacial score (nSPS) is 22.2. The van der Waals surface area contributed by atoms with Gasteiger partial charge in [-0.15, -0.1) is 0 Å². The summed E-state index contributed by atoms with van der Waals surface area (Å²) in [7, 11) is -3.07. The summed E-state index contributed by atoms with van der Waals surface area (Å²) in [5, 5.41) is 9.33. The molecule has 0 aromatic carbocycles. The van der Waals surface area contributed by atoms with Crippen molar-refractivity contribution in [2.45, 2.75) is 13.0 Å². The summed E-state index contributed by atoms with van der Waals surface area (Å²) in [4.78, 5) is 16.9. The Kier molecular flexibility index (Phi) is 3.69. The first-order valence-electron chi connectivity index (χ1n) is 5.67. The zero-order chi connectivity index (χ0) is 14.2. The second-order valence-electron chi connectivity index (χ2n) is 4.47. The van der Waals surface area contributed by atoms with Crippen molar-refractivity contribution in [3.05, 3.63) is 22.8 Å². The number of aromatic nitrogens is 1. The van der Waals surface area contributed by atoms with Crippen LogP contribution < -0.4 is 4.90 Å². The smallest absolute Gasteiger partial charge is 0.339 e. The number of carboxylic acid groups (broad SMARTS) is 1. The molecule has 104 valence electrons. The van der Waals surface area contributed by atoms with Gasteiger partial charge in [-0.25, -0.2) is 18.2 Å². The van der Waals surface area contributed by atoms with Gasteiger partial charge in [0, 0.05) is 12.6 Å². The lowest BCUT2D eigenvalue weighted by Gasteiger charge is -2.34. The molecule has 1 atom stereocenters. The maximum Gasteiger partial charge on any atom is 0.339 e. The molecule has 1 fully saturated rings. The van der Waals surface area contributed by atoms with Gasteiger partial charge in [0.2, 0.25) is 0 Å². The number of carboxylic acids is 1. The molecule has 0 aliphatic carbocycles. The number of anilines is 1. The Morgan fingerprint density at radius 2 is 2.21 bits per heavy atom. The highest BCUT2D eigenvalue weighted by Gasteiger charge is 2.31. The summed E-state index contributed by atoms with van der Waals surface area (Å²) in [6.07, 6.45) is 0. The van der Waals surface area contributed by atoms with Crippen molar-refractivity contribution < 1.29 is 18.3 Å². The number of rotatable bonds is 2. The molecule has 1 aromatic heterocycles. The number of carbonyl (C=O) groups is 1. The van der Waals surface area contributed by atoms with Crippen LogP contribution in [-0.4, -0.2) is 48.6 Å². The van der Waals surface area contributed by atoms with Crippen LogP contribution in [-0.2, 0) is 9.84 Å². The number of aromatic carboxylic acids is 1. The molecule has 1 aromatic rings. The van der Waals surface area contributed by atoms with Gasteiger partial charge in [0.15, 0.2) is 9.84 Å². The Hall–Kier alpha value is -1.34. The second kappa shape index (κ2) is 4.97. The van der Waals surface area contributed by atoms with Crippen LogP contribution in [0.4, 0.5) is 5.82 Å². The first kappa shape index (κ1) is 14.1. The first-order chi connectivity index (χ1) is 8.80. The lowest BCUT2D eigenvalue weighted by atomic mass is 10.2. The van der Waals surface area contributed by atoms with Gasteiger partial charge in [-0.2, -0.15) is 0 Å². The highest BCUT2D eigenvalue weighted by Crippen LogP contribution is 2.25. The van der Waals surface area contributed by atoms with E-state index in [0.717, 1.165) is 0 Å².